The molecule has 9 fully saturated rings. The van der Waals surface area contributed by atoms with E-state index < -0.39 is 258 Å². The average Bonchev–Trinajstić information content (AvgIpc) is 1.62. The molecule has 21 rings (SSSR count). The summed E-state index contributed by atoms with van der Waals surface area (Å²) in [7, 11) is -10.4. The third kappa shape index (κ3) is 18.8. The van der Waals surface area contributed by atoms with Gasteiger partial charge in [0.05, 0.1) is 58.6 Å². The molecule has 14 N–H and O–H groups in total. The lowest BCUT2D eigenvalue weighted by Crippen LogP contribution is -2.34. The molecule has 0 saturated carbocycles. The molecule has 21 heterocycles. The summed E-state index contributed by atoms with van der Waals surface area (Å²) in [5, 5.41) is 22.5. The summed E-state index contributed by atoms with van der Waals surface area (Å²) in [6, 6.07) is 0. The van der Waals surface area contributed by atoms with Crippen molar-refractivity contribution in [2.75, 3.05) is 56.8 Å². The van der Waals surface area contributed by atoms with Crippen molar-refractivity contribution in [2.24, 2.45) is 15.0 Å². The third-order valence-electron chi connectivity index (χ3n) is 21.7. The van der Waals surface area contributed by atoms with E-state index in [0.717, 1.165) is 42.2 Å². The van der Waals surface area contributed by atoms with Gasteiger partial charge in [-0.1, -0.05) is 35.3 Å². The lowest BCUT2D eigenvalue weighted by Gasteiger charge is -2.27. The summed E-state index contributed by atoms with van der Waals surface area (Å²) in [5.41, 5.74) is 13.4. The fourth-order valence-electron chi connectivity index (χ4n) is 15.7. The zero-order chi connectivity index (χ0) is 95.5. The number of hydrogen-bond donors (Lipinski definition) is 12. The molecule has 9 aromatic rings. The molecule has 0 amide bonds. The number of alkyl halides is 6. The maximum Gasteiger partial charge on any atom is 0.472 e. The third-order valence-corrected chi connectivity index (χ3v) is 30.0. The van der Waals surface area contributed by atoms with Crippen molar-refractivity contribution in [3.05, 3.63) is 67.1 Å². The number of nitrogens with zero attached hydrogens (tertiary/aromatic N) is 21. The number of nitrogens with two attached hydrogens (primary N) is 3. The number of phosphoric acid groups is 2. The topological polar surface area (TPSA) is 768 Å². The summed E-state index contributed by atoms with van der Waals surface area (Å²) in [6.07, 6.45) is -35.7. The van der Waals surface area contributed by atoms with E-state index in [1.54, 1.807) is 0 Å². The molecule has 59 nitrogen and oxygen atoms in total. The maximum absolute atomic E-state index is 16.0. The number of H-pyrrole nitrogens is 3. The van der Waals surface area contributed by atoms with Crippen LogP contribution in [0.4, 0.5) is 61.6 Å². The Bertz CT molecular complexity index is 6260. The summed E-state index contributed by atoms with van der Waals surface area (Å²) in [5.74, 6) is -2.29. The van der Waals surface area contributed by atoms with Crippen LogP contribution in [0.3, 0.4) is 0 Å². The quantitative estimate of drug-likeness (QED) is 0.0633. The second kappa shape index (κ2) is 37.2. The Morgan fingerprint density at radius 3 is 1.20 bits per heavy atom. The van der Waals surface area contributed by atoms with Crippen LogP contribution < -0.4 is 33.9 Å². The van der Waals surface area contributed by atoms with Gasteiger partial charge in [-0.3, -0.25) is 98.1 Å². The molecule has 0 aliphatic carbocycles. The number of carbonyl (C=O) groups excluding carboxylic acids is 3. The van der Waals surface area contributed by atoms with Crippen LogP contribution >= 0.6 is 54.8 Å². The molecule has 9 saturated heterocycles. The number of ether oxygens (including phenoxy) is 6. The van der Waals surface area contributed by atoms with Crippen LogP contribution in [0.15, 0.2) is 48.3 Å². The zero-order valence-electron chi connectivity index (χ0n) is 66.7. The number of phosphoric ester groups is 2. The monoisotopic (exact) mass is 2120 g/mol. The van der Waals surface area contributed by atoms with Crippen molar-refractivity contribution in [1.82, 2.24) is 104 Å². The summed E-state index contributed by atoms with van der Waals surface area (Å²) in [4.78, 5) is 170. The van der Waals surface area contributed by atoms with E-state index in [0.29, 0.717) is 0 Å². The molecule has 9 aromatic heterocycles. The number of thiol groups is 1. The normalized spacial score (nSPS) is 38.5. The summed E-state index contributed by atoms with van der Waals surface area (Å²) < 4.78 is 238. The first-order chi connectivity index (χ1) is 63.9. The predicted molar refractivity (Wildman–Crippen MR) is 449 cm³/mol. The van der Waals surface area contributed by atoms with E-state index >= 15 is 26.3 Å². The van der Waals surface area contributed by atoms with Gasteiger partial charge in [0.2, 0.25) is 17.8 Å². The Labute approximate surface area is 769 Å². The van der Waals surface area contributed by atoms with Gasteiger partial charge in [0, 0.05) is 37.9 Å². The molecule has 734 valence electrons. The first-order valence-electron chi connectivity index (χ1n) is 38.9. The van der Waals surface area contributed by atoms with Crippen LogP contribution in [0.2, 0.25) is 0 Å². The van der Waals surface area contributed by atoms with Gasteiger partial charge in [-0.25, -0.2) is 70.0 Å². The number of anilines is 3. The number of nitrogen functional groups attached to an aromatic ring is 3. The Morgan fingerprint density at radius 2 is 0.728 bits per heavy atom. The number of aromatic nitrogens is 21. The van der Waals surface area contributed by atoms with Crippen LogP contribution in [-0.2, 0) is 132 Å². The SMILES string of the molecule is C.Nc1nc2c(ncn2[C@@H]2O[C@@H]3COP(=O)(O)O[C@H]4[C@H](F)[C@H](n5nnc6c5N=CCC6=O)O[C@@H]4COP(=O)(S)O[C@@H]2[C@@H]3F)c(=O)[nH]1.Nc1nc2c(ncn2[C@@H]2O[C@@H]3COP(=O)(O)O[C@H]4[C@H](F)[C@H](n5nnc6c5N=CCC6=O)O[C@@H]4COP(O)(=S)O[C@@H]2[C@@H]3F)c(=O)[nH]1.Nc1nc2c(nnn2[C@@H]2O[C@@H]3COP(O)(=S)O[C@H]4[C@H](F)[C@H](n5cnc6c5N=CCC6=O)O[C@@H]4COP(O)(=S)O[C@@H]2[C@H]3F)c(=O)[nH]1. The van der Waals surface area contributed by atoms with Gasteiger partial charge in [-0.05, 0) is 35.4 Å². The van der Waals surface area contributed by atoms with Crippen molar-refractivity contribution < 1.29 is 162 Å². The number of imidazole rings is 3. The maximum atomic E-state index is 16.0. The standard InChI is InChI=1S/2C20H21F2N9O11P2S.C20H21F2N9O10P2S2.CH4/c2*21-9-7-3-37-43(34,35)41-13-8(40-18(10(13)22)31-15-11(28-29-31)6(32)1-2-24-15)4-38-44(36,45)42-14(9)19(39-7)30-5-25-12-16(30)26-20(23)27-17(12)33;21-9-7-3-36-42(34,44)40-13-8(39-18(10(13)22)30-5-25-11-6(32)1-2-24-15(11)30)4-37-43(35,45)41-14(9)19(38-7)31-16-12(28-29-31)17(33)27-20(23)26-16;/h2*2,5,7-10,13-14,18-19H,1,3-4H2,(H,34,35)(H,36,45)(H3,23,26,27,33);2,5,7-10,13-14,18-19H,1,3-4H2,(H,34,44)(H,35,45)(H3,23,26,27,33);1H4/t2*7-,8-,9-,10+,13-,14-,18-,19-,44?;7-,8-,9+,10+,13-,14-,18-,19-,42?,43?;/m111./s1. The molecular formula is C61H67F6N27O32P6S4. The van der Waals surface area contributed by atoms with Crippen molar-refractivity contribution in [1.29, 1.82) is 0 Å². The Kier molecular flexibility index (Phi) is 26.7. The predicted octanol–water partition coefficient (Wildman–Crippen LogP) is 1.24. The van der Waals surface area contributed by atoms with Crippen LogP contribution in [0.25, 0.3) is 33.5 Å². The molecule has 0 aromatic carbocycles. The average molecular weight is 2120 g/mol. The van der Waals surface area contributed by atoms with E-state index in [-0.39, 0.29) is 118 Å². The van der Waals surface area contributed by atoms with Gasteiger partial charge in [-0.2, -0.15) is 29.0 Å². The second-order valence-corrected chi connectivity index (χ2v) is 44.4. The van der Waals surface area contributed by atoms with E-state index in [1.807, 2.05) is 0 Å². The molecule has 6 unspecified atom stereocenters. The minimum absolute atomic E-state index is 0. The number of fused-ring (bicyclic) bond motifs is 15. The van der Waals surface area contributed by atoms with Gasteiger partial charge in [0.1, 0.15) is 73.2 Å². The van der Waals surface area contributed by atoms with Crippen LogP contribution in [0.5, 0.6) is 0 Å². The number of rotatable bonds is 6. The van der Waals surface area contributed by atoms with Gasteiger partial charge in [-0.15, -0.1) is 15.3 Å². The first-order valence-corrected chi connectivity index (χ1v) is 52.3. The van der Waals surface area contributed by atoms with Crippen molar-refractivity contribution in [2.45, 2.75) is 174 Å². The van der Waals surface area contributed by atoms with E-state index in [1.165, 1.54) is 23.2 Å². The van der Waals surface area contributed by atoms with E-state index in [4.69, 9.17) is 135 Å². The van der Waals surface area contributed by atoms with Crippen molar-refractivity contribution in [3.63, 3.8) is 0 Å². The van der Waals surface area contributed by atoms with Crippen molar-refractivity contribution in [3.8, 4) is 0 Å². The minimum Gasteiger partial charge on any atom is -0.369 e. The highest BCUT2D eigenvalue weighted by atomic mass is 32.7. The lowest BCUT2D eigenvalue weighted by atomic mass is 10.1. The number of hydrogen-bond acceptors (Lipinski definition) is 48. The molecular weight excluding hydrogens is 2050 g/mol. The number of aliphatic imine (C=N–C) groups is 3. The number of Topliss-reactive ketones (excluding diaryl/α,β-unsaturated/α-hetero) is 3. The smallest absolute Gasteiger partial charge is 0.369 e. The van der Waals surface area contributed by atoms with Crippen LogP contribution in [0, 0.1) is 0 Å². The highest BCUT2D eigenvalue weighted by molar-refractivity contribution is 8.44. The molecule has 136 heavy (non-hydrogen) atoms. The molecule has 6 bridgehead atoms. The molecule has 0 spiro atoms. The summed E-state index contributed by atoms with van der Waals surface area (Å²) in [6.45, 7) is -22.7. The molecule has 12 aliphatic rings. The number of nitrogens with one attached hydrogen (secondary N) is 3. The molecule has 12 aliphatic heterocycles. The van der Waals surface area contributed by atoms with Crippen molar-refractivity contribution >= 4 is 195 Å². The minimum atomic E-state index is -5.19. The molecule has 30 atom stereocenters. The zero-order valence-corrected chi connectivity index (χ0v) is 75.4. The number of carbonyl (C=O) groups is 3. The molecule has 0 radical (unpaired) electrons. The Morgan fingerprint density at radius 1 is 0.382 bits per heavy atom. The van der Waals surface area contributed by atoms with Crippen LogP contribution in [-0.4, -0.2) is 314 Å². The Hall–Kier alpha value is -8.46. The van der Waals surface area contributed by atoms with E-state index in [9.17, 15) is 66.9 Å². The Balaban J connectivity index is 0.000000135. The lowest BCUT2D eigenvalue weighted by molar-refractivity contribution is -0.0648. The van der Waals surface area contributed by atoms with Gasteiger partial charge in [0.25, 0.3) is 16.7 Å². The second-order valence-electron chi connectivity index (χ2n) is 30.3. The highest BCUT2D eigenvalue weighted by Gasteiger charge is 2.60. The highest BCUT2D eigenvalue weighted by Crippen LogP contribution is 2.62. The number of halogens is 6. The van der Waals surface area contributed by atoms with Gasteiger partial charge < -0.3 is 83.7 Å². The number of ketones is 3. The van der Waals surface area contributed by atoms with Crippen LogP contribution in [0.1, 0.15) is 95.5 Å². The molecule has 75 heteroatoms. The van der Waals surface area contributed by atoms with E-state index in [2.05, 4.69) is 103 Å². The summed E-state index contributed by atoms with van der Waals surface area (Å²) >= 11 is 19.3. The van der Waals surface area contributed by atoms with Gasteiger partial charge >= 0.3 is 42.6 Å². The number of aromatic amines is 3. The first kappa shape index (κ1) is 97.8. The fraction of sp³-hybridized carbons (Fsp3) is 0.557. The fourth-order valence-corrected chi connectivity index (χ4v) is 23.3. The van der Waals surface area contributed by atoms with Gasteiger partial charge in [0.15, 0.2) is 160 Å². The largest absolute Gasteiger partial charge is 0.472 e.